The molecular weight excluding hydrogens is 458 g/mol. The lowest BCUT2D eigenvalue weighted by Crippen LogP contribution is -2.70. The summed E-state index contributed by atoms with van der Waals surface area (Å²) in [7, 11) is 2.16. The Morgan fingerprint density at radius 3 is 2.58 bits per heavy atom. The predicted octanol–water partition coefficient (Wildman–Crippen LogP) is 3.14. The number of piperidine rings is 1. The van der Waals surface area contributed by atoms with Gasteiger partial charge in [-0.1, -0.05) is 39.8 Å². The van der Waals surface area contributed by atoms with Gasteiger partial charge in [0.1, 0.15) is 18.5 Å². The van der Waals surface area contributed by atoms with Crippen LogP contribution in [0.4, 0.5) is 0 Å². The molecule has 7 bridgehead atoms. The summed E-state index contributed by atoms with van der Waals surface area (Å²) < 4.78 is 12.3. The molecule has 8 aliphatic rings. The molecule has 13 atom stereocenters. The molecule has 8 rings (SSSR count). The highest BCUT2D eigenvalue weighted by atomic mass is 16.5. The number of esters is 2. The van der Waals surface area contributed by atoms with Crippen molar-refractivity contribution in [3.8, 4) is 0 Å². The first kappa shape index (κ1) is 24.6. The molecular formula is C29H41NO6. The number of fused-ring (bicyclic) bond motifs is 1. The molecule has 0 aromatic rings. The number of aldehydes is 1. The van der Waals surface area contributed by atoms with Gasteiger partial charge in [-0.3, -0.25) is 14.5 Å². The summed E-state index contributed by atoms with van der Waals surface area (Å²) in [6, 6.07) is 0.275. The van der Waals surface area contributed by atoms with Gasteiger partial charge in [-0.05, 0) is 56.4 Å². The van der Waals surface area contributed by atoms with Crippen LogP contribution in [0.15, 0.2) is 12.2 Å². The molecule has 2 heterocycles. The van der Waals surface area contributed by atoms with Crippen LogP contribution in [0.25, 0.3) is 0 Å². The molecule has 8 fully saturated rings. The second kappa shape index (κ2) is 7.66. The summed E-state index contributed by atoms with van der Waals surface area (Å²) in [6.45, 7) is 12.1. The summed E-state index contributed by atoms with van der Waals surface area (Å²) in [5.74, 6) is -0.808. The van der Waals surface area contributed by atoms with Crippen molar-refractivity contribution in [3.63, 3.8) is 0 Å². The van der Waals surface area contributed by atoms with Crippen LogP contribution in [-0.2, 0) is 23.9 Å². The molecule has 7 nitrogen and oxygen atoms in total. The van der Waals surface area contributed by atoms with E-state index in [1.165, 1.54) is 0 Å². The summed E-state index contributed by atoms with van der Waals surface area (Å²) in [5, 5.41) is 12.1. The number of hydrogen-bond acceptors (Lipinski definition) is 7. The average Bonchev–Trinajstić information content (AvgIpc) is 3.07. The molecule has 2 saturated heterocycles. The number of carbonyl (C=O) groups excluding carboxylic acids is 3. The van der Waals surface area contributed by atoms with Crippen LogP contribution in [0.1, 0.15) is 66.2 Å². The average molecular weight is 500 g/mol. The maximum atomic E-state index is 13.1. The van der Waals surface area contributed by atoms with E-state index in [9.17, 15) is 19.5 Å². The minimum atomic E-state index is -0.686. The summed E-state index contributed by atoms with van der Waals surface area (Å²) in [5.41, 5.74) is -0.227. The molecule has 0 aromatic carbocycles. The SMILES string of the molecule is C=C1C[C@@]23C[C@H]4[C@H]5[C@@]6(C[C@@H](OC(=O)CC)C[C@@]5(C)C=O)[C@@H]2[C@H](O)[C@@H]1[C@H](OC(=O)[C@H](C)CC)[C@@H]3[C@H]6N4C. The van der Waals surface area contributed by atoms with Crippen molar-refractivity contribution < 1.29 is 29.0 Å². The molecule has 6 aliphatic carbocycles. The molecule has 1 N–H and O–H groups in total. The molecule has 0 aromatic heterocycles. The zero-order valence-corrected chi connectivity index (χ0v) is 22.2. The molecule has 0 radical (unpaired) electrons. The standard InChI is InChI=1S/C29H41NO6/c1-7-14(3)26(34)36-22-19-15(4)9-28-12-17-23-27(5,13-31)10-16(35-18(32)8-2)11-29(23,24(28)21(19)33)25(20(22)28)30(17)6/h13-14,16-17,19-25,33H,4,7-12H2,1-3,5-6H3/t14-,16+,17+,19-,20-,21-,22+,23-,24-,25-,27+,28+,29+/m1/s1. The van der Waals surface area contributed by atoms with E-state index in [2.05, 4.69) is 18.5 Å². The number of ether oxygens (including phenoxy) is 2. The first-order chi connectivity index (χ1) is 17.0. The minimum Gasteiger partial charge on any atom is -0.462 e. The van der Waals surface area contributed by atoms with Gasteiger partial charge in [-0.25, -0.2) is 0 Å². The quantitative estimate of drug-likeness (QED) is 0.341. The number of nitrogens with zero attached hydrogens (tertiary/aromatic N) is 1. The highest BCUT2D eigenvalue weighted by molar-refractivity contribution is 5.72. The predicted molar refractivity (Wildman–Crippen MR) is 131 cm³/mol. The molecule has 6 saturated carbocycles. The van der Waals surface area contributed by atoms with Crippen molar-refractivity contribution in [3.05, 3.63) is 12.2 Å². The van der Waals surface area contributed by atoms with E-state index < -0.39 is 17.6 Å². The van der Waals surface area contributed by atoms with Crippen LogP contribution in [0.3, 0.4) is 0 Å². The number of aliphatic hydroxyl groups is 1. The fourth-order valence-electron chi connectivity index (χ4n) is 11.0. The van der Waals surface area contributed by atoms with Gasteiger partial charge in [0.05, 0.1) is 12.0 Å². The Hall–Kier alpha value is -1.73. The van der Waals surface area contributed by atoms with Crippen molar-refractivity contribution in [2.24, 2.45) is 45.8 Å². The highest BCUT2D eigenvalue weighted by Crippen LogP contribution is 2.84. The van der Waals surface area contributed by atoms with Crippen LogP contribution in [0.2, 0.25) is 0 Å². The van der Waals surface area contributed by atoms with E-state index in [1.807, 2.05) is 20.8 Å². The van der Waals surface area contributed by atoms with Crippen molar-refractivity contribution in [2.45, 2.75) is 96.6 Å². The lowest BCUT2D eigenvalue weighted by molar-refractivity contribution is -0.234. The van der Waals surface area contributed by atoms with Gasteiger partial charge in [-0.2, -0.15) is 0 Å². The third kappa shape index (κ3) is 2.64. The first-order valence-corrected chi connectivity index (χ1v) is 13.9. The monoisotopic (exact) mass is 499 g/mol. The highest BCUT2D eigenvalue weighted by Gasteiger charge is 2.88. The molecule has 2 spiro atoms. The lowest BCUT2D eigenvalue weighted by atomic mass is 9.39. The fraction of sp³-hybridized carbons (Fsp3) is 0.828. The van der Waals surface area contributed by atoms with E-state index in [1.54, 1.807) is 6.92 Å². The fourth-order valence-corrected chi connectivity index (χ4v) is 11.0. The maximum absolute atomic E-state index is 13.1. The Kier molecular flexibility index (Phi) is 5.23. The Labute approximate surface area is 213 Å². The summed E-state index contributed by atoms with van der Waals surface area (Å²) >= 11 is 0. The third-order valence-corrected chi connectivity index (χ3v) is 11.8. The largest absolute Gasteiger partial charge is 0.462 e. The third-order valence-electron chi connectivity index (χ3n) is 11.8. The molecule has 7 heteroatoms. The summed E-state index contributed by atoms with van der Waals surface area (Å²) in [6.07, 6.45) is 3.54. The number of aliphatic hydroxyl groups excluding tert-OH is 1. The smallest absolute Gasteiger partial charge is 0.308 e. The number of carbonyl (C=O) groups is 3. The van der Waals surface area contributed by atoms with E-state index in [0.29, 0.717) is 25.7 Å². The molecule has 0 unspecified atom stereocenters. The van der Waals surface area contributed by atoms with E-state index >= 15 is 0 Å². The Balaban J connectivity index is 1.50. The Bertz CT molecular complexity index is 1030. The molecule has 2 aliphatic heterocycles. The van der Waals surface area contributed by atoms with Crippen LogP contribution in [0.5, 0.6) is 0 Å². The van der Waals surface area contributed by atoms with Gasteiger partial charge in [0.15, 0.2) is 0 Å². The van der Waals surface area contributed by atoms with E-state index in [-0.39, 0.29) is 70.5 Å². The molecule has 36 heavy (non-hydrogen) atoms. The van der Waals surface area contributed by atoms with Crippen LogP contribution in [-0.4, -0.2) is 65.7 Å². The van der Waals surface area contributed by atoms with Gasteiger partial charge in [0, 0.05) is 41.2 Å². The van der Waals surface area contributed by atoms with E-state index in [0.717, 1.165) is 24.7 Å². The van der Waals surface area contributed by atoms with Gasteiger partial charge in [0.25, 0.3) is 0 Å². The summed E-state index contributed by atoms with van der Waals surface area (Å²) in [4.78, 5) is 40.7. The zero-order chi connectivity index (χ0) is 25.9. The number of hydrogen-bond donors (Lipinski definition) is 1. The van der Waals surface area contributed by atoms with Crippen molar-refractivity contribution in [1.82, 2.24) is 4.90 Å². The topological polar surface area (TPSA) is 93.1 Å². The minimum absolute atomic E-state index is 0.0253. The van der Waals surface area contributed by atoms with Crippen LogP contribution < -0.4 is 0 Å². The van der Waals surface area contributed by atoms with Crippen LogP contribution in [0, 0.1) is 45.8 Å². The van der Waals surface area contributed by atoms with Crippen molar-refractivity contribution in [2.75, 3.05) is 7.05 Å². The number of rotatable bonds is 6. The van der Waals surface area contributed by atoms with Crippen LogP contribution >= 0.6 is 0 Å². The van der Waals surface area contributed by atoms with Gasteiger partial charge < -0.3 is 19.4 Å². The van der Waals surface area contributed by atoms with Crippen molar-refractivity contribution >= 4 is 18.2 Å². The van der Waals surface area contributed by atoms with Gasteiger partial charge in [0.2, 0.25) is 0 Å². The Morgan fingerprint density at radius 2 is 1.94 bits per heavy atom. The van der Waals surface area contributed by atoms with Crippen molar-refractivity contribution in [1.29, 1.82) is 0 Å². The maximum Gasteiger partial charge on any atom is 0.308 e. The van der Waals surface area contributed by atoms with E-state index in [4.69, 9.17) is 9.47 Å². The molecule has 198 valence electrons. The zero-order valence-electron chi connectivity index (χ0n) is 22.2. The second-order valence-corrected chi connectivity index (χ2v) is 13.3. The van der Waals surface area contributed by atoms with Gasteiger partial charge in [-0.15, -0.1) is 0 Å². The molecule has 0 amide bonds. The van der Waals surface area contributed by atoms with Gasteiger partial charge >= 0.3 is 11.9 Å². The second-order valence-electron chi connectivity index (χ2n) is 13.3. The first-order valence-electron chi connectivity index (χ1n) is 13.9. The lowest BCUT2D eigenvalue weighted by Gasteiger charge is -2.67. The Morgan fingerprint density at radius 1 is 1.22 bits per heavy atom. The normalized spacial score (nSPS) is 52.7.